The number of para-hydroxylation sites is 1. The Hall–Kier alpha value is -1.81. The van der Waals surface area contributed by atoms with Gasteiger partial charge in [-0.3, -0.25) is 0 Å². The highest BCUT2D eigenvalue weighted by atomic mass is 16.5. The molecule has 0 fully saturated rings. The van der Waals surface area contributed by atoms with Gasteiger partial charge in [-0.1, -0.05) is 19.1 Å². The molecule has 90 valence electrons. The molecule has 2 rings (SSSR count). The Bertz CT molecular complexity index is 494. The van der Waals surface area contributed by atoms with Gasteiger partial charge in [0.2, 0.25) is 5.89 Å². The molecule has 1 atom stereocenters. The predicted octanol–water partition coefficient (Wildman–Crippen LogP) is 2.41. The molecular weight excluding hydrogens is 216 g/mol. The normalized spacial score (nSPS) is 12.4. The van der Waals surface area contributed by atoms with Crippen molar-refractivity contribution in [1.29, 1.82) is 0 Å². The number of hydrogen-bond acceptors (Lipinski definition) is 4. The van der Waals surface area contributed by atoms with Crippen LogP contribution >= 0.6 is 0 Å². The van der Waals surface area contributed by atoms with Gasteiger partial charge in [0.15, 0.2) is 0 Å². The summed E-state index contributed by atoms with van der Waals surface area (Å²) in [6.45, 7) is 2.57. The SMILES string of the molecule is COc1ccccc1-c1nc(C(C)CN)co1. The molecule has 4 nitrogen and oxygen atoms in total. The lowest BCUT2D eigenvalue weighted by Gasteiger charge is -2.04. The third-order valence-electron chi connectivity index (χ3n) is 2.72. The quantitative estimate of drug-likeness (QED) is 0.879. The third kappa shape index (κ3) is 2.31. The number of benzene rings is 1. The Morgan fingerprint density at radius 1 is 1.41 bits per heavy atom. The first-order chi connectivity index (χ1) is 8.26. The fraction of sp³-hybridized carbons (Fsp3) is 0.308. The number of rotatable bonds is 4. The minimum atomic E-state index is 0.196. The van der Waals surface area contributed by atoms with Crippen LogP contribution < -0.4 is 10.5 Å². The van der Waals surface area contributed by atoms with Crippen LogP contribution in [0.4, 0.5) is 0 Å². The second-order valence-corrected chi connectivity index (χ2v) is 3.91. The molecule has 0 amide bonds. The molecule has 1 aromatic carbocycles. The van der Waals surface area contributed by atoms with Gasteiger partial charge < -0.3 is 14.9 Å². The molecule has 0 radical (unpaired) electrons. The summed E-state index contributed by atoms with van der Waals surface area (Å²) in [5, 5.41) is 0. The lowest BCUT2D eigenvalue weighted by atomic mass is 10.1. The van der Waals surface area contributed by atoms with Crippen molar-refractivity contribution in [3.8, 4) is 17.2 Å². The van der Waals surface area contributed by atoms with E-state index in [4.69, 9.17) is 14.9 Å². The molecule has 2 N–H and O–H groups in total. The van der Waals surface area contributed by atoms with Crippen molar-refractivity contribution in [2.24, 2.45) is 5.73 Å². The molecule has 4 heteroatoms. The summed E-state index contributed by atoms with van der Waals surface area (Å²) in [7, 11) is 1.63. The van der Waals surface area contributed by atoms with Crippen molar-refractivity contribution in [3.05, 3.63) is 36.2 Å². The van der Waals surface area contributed by atoms with Crippen molar-refractivity contribution in [1.82, 2.24) is 4.98 Å². The van der Waals surface area contributed by atoms with E-state index in [2.05, 4.69) is 4.98 Å². The van der Waals surface area contributed by atoms with Crippen molar-refractivity contribution in [2.75, 3.05) is 13.7 Å². The molecule has 0 aliphatic carbocycles. The molecule has 0 bridgehead atoms. The van der Waals surface area contributed by atoms with Gasteiger partial charge >= 0.3 is 0 Å². The van der Waals surface area contributed by atoms with E-state index in [0.717, 1.165) is 17.0 Å². The largest absolute Gasteiger partial charge is 0.496 e. The topological polar surface area (TPSA) is 61.3 Å². The molecule has 0 spiro atoms. The van der Waals surface area contributed by atoms with Gasteiger partial charge in [-0.25, -0.2) is 4.98 Å². The van der Waals surface area contributed by atoms with Crippen LogP contribution in [0.15, 0.2) is 34.9 Å². The van der Waals surface area contributed by atoms with E-state index in [-0.39, 0.29) is 5.92 Å². The molecule has 0 aliphatic heterocycles. The van der Waals surface area contributed by atoms with Gasteiger partial charge in [-0.2, -0.15) is 0 Å². The molecular formula is C13H16N2O2. The highest BCUT2D eigenvalue weighted by Crippen LogP contribution is 2.29. The molecule has 1 heterocycles. The van der Waals surface area contributed by atoms with E-state index in [9.17, 15) is 0 Å². The zero-order valence-corrected chi connectivity index (χ0v) is 10.0. The first kappa shape index (κ1) is 11.7. The highest BCUT2D eigenvalue weighted by molar-refractivity contribution is 5.62. The van der Waals surface area contributed by atoms with Gasteiger partial charge in [0, 0.05) is 12.5 Å². The van der Waals surface area contributed by atoms with E-state index in [0.29, 0.717) is 12.4 Å². The molecule has 0 saturated carbocycles. The lowest BCUT2D eigenvalue weighted by molar-refractivity contribution is 0.414. The molecule has 17 heavy (non-hydrogen) atoms. The van der Waals surface area contributed by atoms with Crippen LogP contribution in [-0.2, 0) is 0 Å². The first-order valence-corrected chi connectivity index (χ1v) is 5.55. The number of hydrogen-bond donors (Lipinski definition) is 1. The van der Waals surface area contributed by atoms with Crippen LogP contribution in [0.5, 0.6) is 5.75 Å². The minimum absolute atomic E-state index is 0.196. The fourth-order valence-corrected chi connectivity index (χ4v) is 1.58. The Morgan fingerprint density at radius 2 is 2.18 bits per heavy atom. The Labute approximate surface area is 100 Å². The van der Waals surface area contributed by atoms with Crippen molar-refractivity contribution < 1.29 is 9.15 Å². The number of ether oxygens (including phenoxy) is 1. The van der Waals surface area contributed by atoms with Gasteiger partial charge in [-0.05, 0) is 12.1 Å². The summed E-state index contributed by atoms with van der Waals surface area (Å²) < 4.78 is 10.7. The van der Waals surface area contributed by atoms with E-state index in [1.807, 2.05) is 31.2 Å². The number of aromatic nitrogens is 1. The van der Waals surface area contributed by atoms with Crippen LogP contribution in [0.2, 0.25) is 0 Å². The molecule has 1 unspecified atom stereocenters. The van der Waals surface area contributed by atoms with Crippen LogP contribution in [0.25, 0.3) is 11.5 Å². The Balaban J connectivity index is 2.37. The average Bonchev–Trinajstić information content (AvgIpc) is 2.87. The summed E-state index contributed by atoms with van der Waals surface area (Å²) in [5.41, 5.74) is 7.32. The first-order valence-electron chi connectivity index (χ1n) is 5.55. The number of nitrogens with two attached hydrogens (primary N) is 1. The summed E-state index contributed by atoms with van der Waals surface area (Å²) in [5.74, 6) is 1.52. The van der Waals surface area contributed by atoms with Crippen LogP contribution in [0.1, 0.15) is 18.5 Å². The smallest absolute Gasteiger partial charge is 0.229 e. The van der Waals surface area contributed by atoms with E-state index >= 15 is 0 Å². The summed E-state index contributed by atoms with van der Waals surface area (Å²) >= 11 is 0. The lowest BCUT2D eigenvalue weighted by Crippen LogP contribution is -2.08. The summed E-state index contributed by atoms with van der Waals surface area (Å²) in [6, 6.07) is 7.63. The molecule has 1 aromatic heterocycles. The van der Waals surface area contributed by atoms with Crippen molar-refractivity contribution >= 4 is 0 Å². The second kappa shape index (κ2) is 5.01. The van der Waals surface area contributed by atoms with E-state index < -0.39 is 0 Å². The second-order valence-electron chi connectivity index (χ2n) is 3.91. The molecule has 0 saturated heterocycles. The fourth-order valence-electron chi connectivity index (χ4n) is 1.58. The van der Waals surface area contributed by atoms with Crippen molar-refractivity contribution in [3.63, 3.8) is 0 Å². The summed E-state index contributed by atoms with van der Waals surface area (Å²) in [4.78, 5) is 4.43. The Kier molecular flexibility index (Phi) is 3.44. The molecule has 0 aliphatic rings. The number of oxazole rings is 1. The average molecular weight is 232 g/mol. The highest BCUT2D eigenvalue weighted by Gasteiger charge is 2.14. The maximum atomic E-state index is 5.60. The third-order valence-corrected chi connectivity index (χ3v) is 2.72. The Morgan fingerprint density at radius 3 is 2.88 bits per heavy atom. The predicted molar refractivity (Wildman–Crippen MR) is 66.0 cm³/mol. The zero-order valence-electron chi connectivity index (χ0n) is 10.0. The monoisotopic (exact) mass is 232 g/mol. The van der Waals surface area contributed by atoms with Crippen molar-refractivity contribution in [2.45, 2.75) is 12.8 Å². The van der Waals surface area contributed by atoms with Gasteiger partial charge in [0.25, 0.3) is 0 Å². The van der Waals surface area contributed by atoms with E-state index in [1.165, 1.54) is 0 Å². The van der Waals surface area contributed by atoms with Crippen LogP contribution in [0.3, 0.4) is 0 Å². The van der Waals surface area contributed by atoms with Gasteiger partial charge in [0.05, 0.1) is 18.4 Å². The number of methoxy groups -OCH3 is 1. The minimum Gasteiger partial charge on any atom is -0.496 e. The standard InChI is InChI=1S/C13H16N2O2/c1-9(7-14)11-8-17-13(15-11)10-5-3-4-6-12(10)16-2/h3-6,8-9H,7,14H2,1-2H3. The van der Waals surface area contributed by atoms with Crippen LogP contribution in [-0.4, -0.2) is 18.6 Å². The maximum absolute atomic E-state index is 5.60. The van der Waals surface area contributed by atoms with Gasteiger partial charge in [0.1, 0.15) is 12.0 Å². The van der Waals surface area contributed by atoms with E-state index in [1.54, 1.807) is 13.4 Å². The number of nitrogens with zero attached hydrogens (tertiary/aromatic N) is 1. The maximum Gasteiger partial charge on any atom is 0.229 e. The zero-order chi connectivity index (χ0) is 12.3. The summed E-state index contributed by atoms with van der Waals surface area (Å²) in [6.07, 6.45) is 1.65. The van der Waals surface area contributed by atoms with Crippen LogP contribution in [0, 0.1) is 0 Å². The molecule has 2 aromatic rings. The van der Waals surface area contributed by atoms with Gasteiger partial charge in [-0.15, -0.1) is 0 Å².